The van der Waals surface area contributed by atoms with E-state index < -0.39 is 0 Å². The van der Waals surface area contributed by atoms with Crippen molar-refractivity contribution in [2.24, 2.45) is 5.73 Å². The summed E-state index contributed by atoms with van der Waals surface area (Å²) in [6.45, 7) is 4.41. The van der Waals surface area contributed by atoms with Crippen LogP contribution in [0, 0.1) is 25.2 Å². The van der Waals surface area contributed by atoms with E-state index in [-0.39, 0.29) is 11.8 Å². The van der Waals surface area contributed by atoms with Crippen molar-refractivity contribution in [1.29, 1.82) is 5.26 Å². The number of rotatable bonds is 4. The first-order valence-corrected chi connectivity index (χ1v) is 10.2. The highest BCUT2D eigenvalue weighted by Gasteiger charge is 2.35. The number of thiophene rings is 1. The van der Waals surface area contributed by atoms with Crippen LogP contribution < -0.4 is 15.2 Å². The van der Waals surface area contributed by atoms with E-state index in [2.05, 4.69) is 45.2 Å². The Morgan fingerprint density at radius 3 is 2.82 bits per heavy atom. The molecular formula is C20H17BrN4O2S. The first-order chi connectivity index (χ1) is 13.5. The molecule has 0 radical (unpaired) electrons. The number of aromatic nitrogens is 2. The van der Waals surface area contributed by atoms with Gasteiger partial charge < -0.3 is 15.2 Å². The Bertz CT molecular complexity index is 1110. The van der Waals surface area contributed by atoms with Crippen molar-refractivity contribution < 1.29 is 9.47 Å². The van der Waals surface area contributed by atoms with E-state index in [0.29, 0.717) is 18.1 Å². The highest BCUT2D eigenvalue weighted by Crippen LogP contribution is 2.45. The predicted octanol–water partition coefficient (Wildman–Crippen LogP) is 4.65. The Morgan fingerprint density at radius 1 is 1.36 bits per heavy atom. The Hall–Kier alpha value is -2.76. The molecule has 3 N–H and O–H groups in total. The summed E-state index contributed by atoms with van der Waals surface area (Å²) in [5.41, 5.74) is 9.18. The molecule has 0 saturated carbocycles. The molecule has 0 bridgehead atoms. The molecular weight excluding hydrogens is 440 g/mol. The van der Waals surface area contributed by atoms with Gasteiger partial charge >= 0.3 is 0 Å². The molecule has 0 amide bonds. The zero-order valence-corrected chi connectivity index (χ0v) is 17.6. The molecule has 0 spiro atoms. The molecule has 1 aliphatic rings. The third-order valence-corrected chi connectivity index (χ3v) is 6.35. The minimum Gasteiger partial charge on any atom is -0.489 e. The molecule has 6 nitrogen and oxygen atoms in total. The second kappa shape index (κ2) is 7.34. The maximum Gasteiger partial charge on any atom is 0.244 e. The second-order valence-electron chi connectivity index (χ2n) is 6.47. The minimum absolute atomic E-state index is 0.102. The number of nitrogens with two attached hydrogens (primary N) is 1. The fraction of sp³-hybridized carbons (Fsp3) is 0.200. The van der Waals surface area contributed by atoms with Crippen LogP contribution in [0.25, 0.3) is 0 Å². The fourth-order valence-electron chi connectivity index (χ4n) is 3.21. The zero-order valence-electron chi connectivity index (χ0n) is 15.2. The maximum atomic E-state index is 9.68. The van der Waals surface area contributed by atoms with Gasteiger partial charge in [0, 0.05) is 25.5 Å². The van der Waals surface area contributed by atoms with Gasteiger partial charge in [0.05, 0.1) is 11.5 Å². The number of nitrogens with zero attached hydrogens (tertiary/aromatic N) is 2. The van der Waals surface area contributed by atoms with E-state index in [0.717, 1.165) is 36.8 Å². The summed E-state index contributed by atoms with van der Waals surface area (Å²) >= 11 is 5.05. The molecule has 8 heteroatoms. The highest BCUT2D eigenvalue weighted by atomic mass is 79.9. The minimum atomic E-state index is -0.294. The van der Waals surface area contributed by atoms with Gasteiger partial charge in [-0.2, -0.15) is 5.26 Å². The van der Waals surface area contributed by atoms with Gasteiger partial charge in [0.15, 0.2) is 0 Å². The topological polar surface area (TPSA) is 97.0 Å². The summed E-state index contributed by atoms with van der Waals surface area (Å²) in [5.74, 6) is 1.04. The van der Waals surface area contributed by atoms with Gasteiger partial charge in [-0.3, -0.25) is 5.10 Å². The number of hydrogen-bond acceptors (Lipinski definition) is 6. The van der Waals surface area contributed by atoms with Crippen molar-refractivity contribution in [2.75, 3.05) is 0 Å². The van der Waals surface area contributed by atoms with E-state index in [1.165, 1.54) is 0 Å². The fourth-order valence-corrected chi connectivity index (χ4v) is 4.63. The number of H-pyrrole nitrogens is 1. The van der Waals surface area contributed by atoms with Crippen LogP contribution in [0.4, 0.5) is 0 Å². The molecule has 1 atom stereocenters. The van der Waals surface area contributed by atoms with Gasteiger partial charge in [-0.15, -0.1) is 16.4 Å². The zero-order chi connectivity index (χ0) is 19.8. The summed E-state index contributed by atoms with van der Waals surface area (Å²) in [5, 5.41) is 16.8. The molecule has 28 heavy (non-hydrogen) atoms. The number of aromatic amines is 1. The summed E-state index contributed by atoms with van der Waals surface area (Å²) in [6, 6.07) is 12.0. The molecule has 0 aliphatic carbocycles. The Balaban J connectivity index is 1.66. The second-order valence-corrected chi connectivity index (χ2v) is 8.67. The van der Waals surface area contributed by atoms with Crippen LogP contribution in [-0.4, -0.2) is 10.2 Å². The van der Waals surface area contributed by atoms with Crippen LogP contribution in [0.3, 0.4) is 0 Å². The number of halogens is 1. The molecule has 3 heterocycles. The van der Waals surface area contributed by atoms with Crippen LogP contribution in [0.5, 0.6) is 11.6 Å². The quantitative estimate of drug-likeness (QED) is 0.595. The average molecular weight is 457 g/mol. The van der Waals surface area contributed by atoms with Gasteiger partial charge in [-0.1, -0.05) is 15.9 Å². The first kappa shape index (κ1) is 18.6. The van der Waals surface area contributed by atoms with Crippen molar-refractivity contribution in [3.05, 3.63) is 72.8 Å². The van der Waals surface area contributed by atoms with E-state index in [9.17, 15) is 5.26 Å². The van der Waals surface area contributed by atoms with Crippen molar-refractivity contribution in [2.45, 2.75) is 26.4 Å². The van der Waals surface area contributed by atoms with E-state index >= 15 is 0 Å². The predicted molar refractivity (Wildman–Crippen MR) is 110 cm³/mol. The summed E-state index contributed by atoms with van der Waals surface area (Å²) in [7, 11) is 0. The van der Waals surface area contributed by atoms with Crippen molar-refractivity contribution in [3.63, 3.8) is 0 Å². The van der Waals surface area contributed by atoms with Gasteiger partial charge in [-0.05, 0) is 44.2 Å². The largest absolute Gasteiger partial charge is 0.489 e. The number of allylic oxidation sites excluding steroid dienone is 1. The highest BCUT2D eigenvalue weighted by molar-refractivity contribution is 9.10. The molecule has 4 rings (SSSR count). The standard InChI is InChI=1S/C20H17BrN4O2S/c1-10-17-18(15(8-22)19(23)27-20(17)25-24-10)16-7-12(11(2)28-16)9-26-14-5-3-13(21)4-6-14/h3-7,18H,9,23H2,1-2H3,(H,24,25)/t18-/m1/s1. The molecule has 142 valence electrons. The lowest BCUT2D eigenvalue weighted by Crippen LogP contribution is -2.20. The molecule has 0 fully saturated rings. The lowest BCUT2D eigenvalue weighted by molar-refractivity contribution is 0.306. The van der Waals surface area contributed by atoms with Crippen molar-refractivity contribution in [1.82, 2.24) is 10.2 Å². The van der Waals surface area contributed by atoms with Crippen LogP contribution in [0.15, 0.2) is 46.3 Å². The molecule has 0 saturated heterocycles. The van der Waals surface area contributed by atoms with Gasteiger partial charge in [0.1, 0.15) is 24.0 Å². The number of aryl methyl sites for hydroxylation is 2. The van der Waals surface area contributed by atoms with Crippen molar-refractivity contribution >= 4 is 27.3 Å². The SMILES string of the molecule is Cc1[nH]nc2c1[C@@H](c1cc(COc3ccc(Br)cc3)c(C)s1)C(C#N)=C(N)O2. The average Bonchev–Trinajstić information content (AvgIpc) is 3.23. The maximum absolute atomic E-state index is 9.68. The molecule has 1 aliphatic heterocycles. The third-order valence-electron chi connectivity index (χ3n) is 4.66. The lowest BCUT2D eigenvalue weighted by Gasteiger charge is -2.22. The molecule has 1 aromatic carbocycles. The normalized spacial score (nSPS) is 15.7. The molecule has 3 aromatic rings. The smallest absolute Gasteiger partial charge is 0.244 e. The third kappa shape index (κ3) is 3.28. The summed E-state index contributed by atoms with van der Waals surface area (Å²) < 4.78 is 12.5. The summed E-state index contributed by atoms with van der Waals surface area (Å²) in [6.07, 6.45) is 0. The molecule has 2 aromatic heterocycles. The van der Waals surface area contributed by atoms with Gasteiger partial charge in [0.2, 0.25) is 11.8 Å². The van der Waals surface area contributed by atoms with Gasteiger partial charge in [-0.25, -0.2) is 0 Å². The van der Waals surface area contributed by atoms with Crippen LogP contribution in [0.1, 0.15) is 32.5 Å². The van der Waals surface area contributed by atoms with Crippen LogP contribution >= 0.6 is 27.3 Å². The van der Waals surface area contributed by atoms with Gasteiger partial charge in [0.25, 0.3) is 0 Å². The number of hydrogen-bond donors (Lipinski definition) is 2. The number of nitrogens with one attached hydrogen (secondary N) is 1. The summed E-state index contributed by atoms with van der Waals surface area (Å²) in [4.78, 5) is 2.15. The van der Waals surface area contributed by atoms with E-state index in [1.54, 1.807) is 11.3 Å². The lowest BCUT2D eigenvalue weighted by atomic mass is 9.88. The van der Waals surface area contributed by atoms with E-state index in [4.69, 9.17) is 15.2 Å². The number of benzene rings is 1. The Kier molecular flexibility index (Phi) is 4.87. The number of fused-ring (bicyclic) bond motifs is 1. The Labute approximate surface area is 174 Å². The van der Waals surface area contributed by atoms with E-state index in [1.807, 2.05) is 31.2 Å². The first-order valence-electron chi connectivity index (χ1n) is 8.58. The van der Waals surface area contributed by atoms with Crippen molar-refractivity contribution in [3.8, 4) is 17.7 Å². The monoisotopic (exact) mass is 456 g/mol. The van der Waals surface area contributed by atoms with Crippen LogP contribution in [0.2, 0.25) is 0 Å². The van der Waals surface area contributed by atoms with Crippen LogP contribution in [-0.2, 0) is 6.61 Å². The number of ether oxygens (including phenoxy) is 2. The Morgan fingerprint density at radius 2 is 2.11 bits per heavy atom. The number of nitriles is 1. The molecule has 0 unspecified atom stereocenters.